The molecule has 0 amide bonds. The summed E-state index contributed by atoms with van der Waals surface area (Å²) in [6.45, 7) is 23.3. The van der Waals surface area contributed by atoms with E-state index in [1.54, 1.807) is 0 Å². The zero-order valence-corrected chi connectivity index (χ0v) is 21.4. The lowest BCUT2D eigenvalue weighted by Crippen LogP contribution is -1.98. The van der Waals surface area contributed by atoms with E-state index in [-0.39, 0.29) is 0 Å². The first kappa shape index (κ1) is 20.0. The fourth-order valence-corrected chi connectivity index (χ4v) is 8.49. The van der Waals surface area contributed by atoms with Gasteiger partial charge in [-0.2, -0.15) is 0 Å². The van der Waals surface area contributed by atoms with Crippen LogP contribution in [0, 0.1) is 69.2 Å². The minimum Gasteiger partial charge on any atom is -0.140 e. The molecule has 0 aliphatic carbocycles. The van der Waals surface area contributed by atoms with E-state index < -0.39 is 0 Å². The maximum Gasteiger partial charge on any atom is 0.0386 e. The van der Waals surface area contributed by atoms with Gasteiger partial charge in [0, 0.05) is 19.2 Å². The summed E-state index contributed by atoms with van der Waals surface area (Å²) in [7, 11) is 0. The lowest BCUT2D eigenvalue weighted by Gasteiger charge is -2.21. The molecule has 2 aromatic heterocycles. The van der Waals surface area contributed by atoms with Gasteiger partial charge in [0.25, 0.3) is 0 Å². The van der Waals surface area contributed by atoms with E-state index >= 15 is 0 Å². The van der Waals surface area contributed by atoms with E-state index in [9.17, 15) is 0 Å². The maximum absolute atomic E-state index is 2.36. The molecular weight excluding hydrogens is 400 g/mol. The average Bonchev–Trinajstić information content (AvgIpc) is 3.16. The number of hydrogen-bond acceptors (Lipinski definition) is 2. The Kier molecular flexibility index (Phi) is 4.21. The van der Waals surface area contributed by atoms with E-state index in [0.717, 1.165) is 0 Å². The van der Waals surface area contributed by atoms with Crippen molar-refractivity contribution in [1.82, 2.24) is 0 Å². The number of benzene rings is 3. The second kappa shape index (κ2) is 6.31. The van der Waals surface area contributed by atoms with Crippen LogP contribution in [0.25, 0.3) is 41.7 Å². The van der Waals surface area contributed by atoms with Gasteiger partial charge in [-0.1, -0.05) is 0 Å². The summed E-state index contributed by atoms with van der Waals surface area (Å²) >= 11 is 3.94. The monoisotopic (exact) mass is 430 g/mol. The van der Waals surface area contributed by atoms with E-state index in [1.807, 2.05) is 22.7 Å². The minimum atomic E-state index is 1.45. The molecule has 2 heterocycles. The molecular formula is C28H30S2. The zero-order valence-electron chi connectivity index (χ0n) is 19.8. The van der Waals surface area contributed by atoms with Gasteiger partial charge in [0.1, 0.15) is 0 Å². The Morgan fingerprint density at radius 1 is 0.300 bits per heavy atom. The fourth-order valence-electron chi connectivity index (χ4n) is 6.04. The van der Waals surface area contributed by atoms with Crippen molar-refractivity contribution in [2.24, 2.45) is 0 Å². The Balaban J connectivity index is 2.19. The van der Waals surface area contributed by atoms with Crippen molar-refractivity contribution in [1.29, 1.82) is 0 Å². The second-order valence-electron chi connectivity index (χ2n) is 9.22. The molecule has 0 radical (unpaired) electrons. The predicted molar refractivity (Wildman–Crippen MR) is 140 cm³/mol. The molecule has 0 nitrogen and oxygen atoms in total. The molecule has 5 aromatic rings. The first-order valence-electron chi connectivity index (χ1n) is 10.8. The summed E-state index contributed by atoms with van der Waals surface area (Å²) in [6, 6.07) is 0. The van der Waals surface area contributed by atoms with Gasteiger partial charge in [-0.25, -0.2) is 0 Å². The first-order chi connectivity index (χ1) is 14.1. The molecule has 0 atom stereocenters. The molecule has 0 aliphatic rings. The van der Waals surface area contributed by atoms with Crippen LogP contribution in [0.15, 0.2) is 0 Å². The normalized spacial score (nSPS) is 12.3. The quantitative estimate of drug-likeness (QED) is 0.215. The van der Waals surface area contributed by atoms with Crippen molar-refractivity contribution < 1.29 is 0 Å². The first-order valence-corrected chi connectivity index (χ1v) is 12.4. The predicted octanol–water partition coefficient (Wildman–Crippen LogP) is 9.51. The van der Waals surface area contributed by atoms with Crippen LogP contribution in [0.5, 0.6) is 0 Å². The Morgan fingerprint density at radius 2 is 0.567 bits per heavy atom. The molecule has 2 heteroatoms. The van der Waals surface area contributed by atoms with Crippen molar-refractivity contribution in [3.8, 4) is 0 Å². The molecule has 0 bridgehead atoms. The van der Waals surface area contributed by atoms with Gasteiger partial charge in [0.2, 0.25) is 0 Å². The van der Waals surface area contributed by atoms with Crippen LogP contribution in [-0.4, -0.2) is 0 Å². The number of fused-ring (bicyclic) bond motifs is 4. The molecule has 0 spiro atoms. The Morgan fingerprint density at radius 3 is 0.900 bits per heavy atom. The van der Waals surface area contributed by atoms with Crippen molar-refractivity contribution in [2.45, 2.75) is 69.2 Å². The molecule has 0 N–H and O–H groups in total. The molecule has 154 valence electrons. The standard InChI is InChI=1S/C28H30S2/c1-11-19(9)29-27-17(7)23-14(4)22-16(6)26-12(2)20(10)30-28(26)18(8)24(22)13(3)21(23)15(5)25(11)27/h1-10H3. The van der Waals surface area contributed by atoms with Crippen LogP contribution >= 0.6 is 22.7 Å². The van der Waals surface area contributed by atoms with Crippen LogP contribution in [0.3, 0.4) is 0 Å². The van der Waals surface area contributed by atoms with E-state index in [1.165, 1.54) is 96.0 Å². The average molecular weight is 431 g/mol. The molecule has 3 aromatic carbocycles. The minimum absolute atomic E-state index is 1.45. The van der Waals surface area contributed by atoms with Gasteiger partial charge in [-0.05, 0) is 146 Å². The molecule has 0 unspecified atom stereocenters. The highest BCUT2D eigenvalue weighted by molar-refractivity contribution is 7.20. The maximum atomic E-state index is 2.36. The summed E-state index contributed by atoms with van der Waals surface area (Å²) in [5.74, 6) is 0. The fraction of sp³-hybridized carbons (Fsp3) is 0.357. The van der Waals surface area contributed by atoms with Gasteiger partial charge >= 0.3 is 0 Å². The molecule has 5 rings (SSSR count). The summed E-state index contributed by atoms with van der Waals surface area (Å²) < 4.78 is 2.96. The Labute approximate surface area is 187 Å². The van der Waals surface area contributed by atoms with Gasteiger partial charge in [0.15, 0.2) is 0 Å². The van der Waals surface area contributed by atoms with Crippen molar-refractivity contribution in [2.75, 3.05) is 0 Å². The summed E-state index contributed by atoms with van der Waals surface area (Å²) in [5.41, 5.74) is 11.7. The van der Waals surface area contributed by atoms with Crippen molar-refractivity contribution in [3.63, 3.8) is 0 Å². The van der Waals surface area contributed by atoms with Gasteiger partial charge in [0.05, 0.1) is 0 Å². The van der Waals surface area contributed by atoms with Crippen LogP contribution in [-0.2, 0) is 0 Å². The lowest BCUT2D eigenvalue weighted by molar-refractivity contribution is 1.41. The third-order valence-corrected chi connectivity index (χ3v) is 10.4. The summed E-state index contributed by atoms with van der Waals surface area (Å²) in [6.07, 6.45) is 0. The Bertz CT molecular complexity index is 1450. The molecule has 0 aliphatic heterocycles. The highest BCUT2D eigenvalue weighted by atomic mass is 32.1. The topological polar surface area (TPSA) is 0 Å². The largest absolute Gasteiger partial charge is 0.140 e. The van der Waals surface area contributed by atoms with E-state index in [2.05, 4.69) is 69.2 Å². The molecule has 0 saturated carbocycles. The number of thiophene rings is 2. The van der Waals surface area contributed by atoms with Crippen LogP contribution in [0.2, 0.25) is 0 Å². The lowest BCUT2D eigenvalue weighted by atomic mass is 9.83. The summed E-state index contributed by atoms with van der Waals surface area (Å²) in [4.78, 5) is 2.90. The molecule has 30 heavy (non-hydrogen) atoms. The number of aryl methyl sites for hydroxylation is 10. The van der Waals surface area contributed by atoms with Gasteiger partial charge < -0.3 is 0 Å². The van der Waals surface area contributed by atoms with Crippen LogP contribution < -0.4 is 0 Å². The third-order valence-electron chi connectivity index (χ3n) is 7.70. The van der Waals surface area contributed by atoms with Gasteiger partial charge in [-0.3, -0.25) is 0 Å². The highest BCUT2D eigenvalue weighted by Crippen LogP contribution is 2.48. The van der Waals surface area contributed by atoms with E-state index in [0.29, 0.717) is 0 Å². The smallest absolute Gasteiger partial charge is 0.0386 e. The van der Waals surface area contributed by atoms with Crippen molar-refractivity contribution >= 4 is 64.4 Å². The van der Waals surface area contributed by atoms with E-state index in [4.69, 9.17) is 0 Å². The Hall–Kier alpha value is -1.90. The second-order valence-corrected chi connectivity index (χ2v) is 11.7. The SMILES string of the molecule is Cc1sc2c(C)c3c(C)c4c(C)c5c(C)c(C)sc5c(C)c4c(C)c3c(C)c2c1C. The highest BCUT2D eigenvalue weighted by Gasteiger charge is 2.23. The summed E-state index contributed by atoms with van der Waals surface area (Å²) in [5, 5.41) is 8.91. The van der Waals surface area contributed by atoms with Crippen LogP contribution in [0.1, 0.15) is 54.3 Å². The number of rotatable bonds is 0. The van der Waals surface area contributed by atoms with Crippen LogP contribution in [0.4, 0.5) is 0 Å². The van der Waals surface area contributed by atoms with Gasteiger partial charge in [-0.15, -0.1) is 22.7 Å². The van der Waals surface area contributed by atoms with Crippen molar-refractivity contribution in [3.05, 3.63) is 54.3 Å². The molecule has 0 saturated heterocycles. The molecule has 0 fully saturated rings. The zero-order chi connectivity index (χ0) is 21.8. The third kappa shape index (κ3) is 2.22. The number of hydrogen-bond donors (Lipinski definition) is 0.